The lowest BCUT2D eigenvalue weighted by Crippen LogP contribution is -2.10. The summed E-state index contributed by atoms with van der Waals surface area (Å²) in [6.45, 7) is 2.28. The molecule has 1 heterocycles. The van der Waals surface area contributed by atoms with Gasteiger partial charge in [0.15, 0.2) is 5.13 Å². The van der Waals surface area contributed by atoms with E-state index >= 15 is 0 Å². The van der Waals surface area contributed by atoms with Crippen molar-refractivity contribution in [3.8, 4) is 17.0 Å². The Morgan fingerprint density at radius 3 is 2.53 bits per heavy atom. The number of nitrogens with zero attached hydrogens (tertiary/aromatic N) is 1. The first-order valence-corrected chi connectivity index (χ1v) is 11.2. The number of thiazole rings is 1. The third kappa shape index (κ3) is 6.82. The Morgan fingerprint density at radius 1 is 1.06 bits per heavy atom. The van der Waals surface area contributed by atoms with Crippen molar-refractivity contribution < 1.29 is 22.3 Å². The second kappa shape index (κ2) is 11.1. The molecule has 0 spiro atoms. The number of halogens is 4. The molecule has 2 aromatic carbocycles. The van der Waals surface area contributed by atoms with Crippen molar-refractivity contribution in [2.24, 2.45) is 0 Å². The van der Waals surface area contributed by atoms with Gasteiger partial charge in [0.05, 0.1) is 17.9 Å². The molecule has 0 saturated carbocycles. The van der Waals surface area contributed by atoms with Crippen LogP contribution in [0.4, 0.5) is 28.4 Å². The summed E-state index contributed by atoms with van der Waals surface area (Å²) >= 11 is 1.25. The molecular formula is C24H24F4N2OS. The summed E-state index contributed by atoms with van der Waals surface area (Å²) in [6.07, 6.45) is 3.11. The van der Waals surface area contributed by atoms with Gasteiger partial charge in [0.1, 0.15) is 11.6 Å². The van der Waals surface area contributed by atoms with Gasteiger partial charge in [-0.1, -0.05) is 31.9 Å². The van der Waals surface area contributed by atoms with Crippen LogP contribution in [-0.4, -0.2) is 11.6 Å². The summed E-state index contributed by atoms with van der Waals surface area (Å²) in [7, 11) is 0. The molecule has 0 aliphatic heterocycles. The van der Waals surface area contributed by atoms with Crippen molar-refractivity contribution in [3.63, 3.8) is 0 Å². The van der Waals surface area contributed by atoms with Gasteiger partial charge >= 0.3 is 6.18 Å². The van der Waals surface area contributed by atoms with E-state index in [1.54, 1.807) is 17.5 Å². The topological polar surface area (TPSA) is 34.1 Å². The van der Waals surface area contributed by atoms with Gasteiger partial charge in [-0.05, 0) is 55.3 Å². The molecule has 1 aromatic heterocycles. The van der Waals surface area contributed by atoms with Crippen molar-refractivity contribution in [1.82, 2.24) is 4.98 Å². The lowest BCUT2D eigenvalue weighted by molar-refractivity contribution is -0.138. The molecule has 0 bridgehead atoms. The number of hydrogen-bond acceptors (Lipinski definition) is 4. The Hall–Kier alpha value is -2.87. The normalized spacial score (nSPS) is 11.8. The highest BCUT2D eigenvalue weighted by Crippen LogP contribution is 2.39. The van der Waals surface area contributed by atoms with Gasteiger partial charge in [-0.15, -0.1) is 11.3 Å². The molecule has 1 N–H and O–H groups in total. The quantitative estimate of drug-likeness (QED) is 0.186. The smallest absolute Gasteiger partial charge is 0.420 e. The number of rotatable bonds is 10. The zero-order valence-electron chi connectivity index (χ0n) is 17.6. The third-order valence-corrected chi connectivity index (χ3v) is 5.37. The first-order valence-electron chi connectivity index (χ1n) is 10.3. The number of benzene rings is 2. The van der Waals surface area contributed by atoms with Crippen LogP contribution in [0.3, 0.4) is 0 Å². The molecular weight excluding hydrogens is 440 g/mol. The maximum Gasteiger partial charge on any atom is 0.420 e. The maximum absolute atomic E-state index is 13.6. The lowest BCUT2D eigenvalue weighted by atomic mass is 10.1. The van der Waals surface area contributed by atoms with Gasteiger partial charge in [0.25, 0.3) is 0 Å². The van der Waals surface area contributed by atoms with Crippen LogP contribution >= 0.6 is 11.3 Å². The van der Waals surface area contributed by atoms with Crippen molar-refractivity contribution in [1.29, 1.82) is 0 Å². The highest BCUT2D eigenvalue weighted by Gasteiger charge is 2.34. The molecule has 0 aliphatic rings. The Kier molecular flexibility index (Phi) is 8.27. The monoisotopic (exact) mass is 464 g/mol. The van der Waals surface area contributed by atoms with Gasteiger partial charge in [-0.3, -0.25) is 0 Å². The fourth-order valence-corrected chi connectivity index (χ4v) is 3.70. The van der Waals surface area contributed by atoms with E-state index in [1.807, 2.05) is 12.2 Å². The molecule has 0 aliphatic carbocycles. The molecule has 0 atom stereocenters. The zero-order valence-corrected chi connectivity index (χ0v) is 18.4. The molecule has 3 rings (SSSR count). The van der Waals surface area contributed by atoms with Crippen LogP contribution in [0.15, 0.2) is 60.0 Å². The van der Waals surface area contributed by atoms with E-state index in [2.05, 4.69) is 17.2 Å². The Balaban J connectivity index is 1.67. The molecule has 0 fully saturated rings. The summed E-state index contributed by atoms with van der Waals surface area (Å²) in [5.41, 5.74) is 0.747. The second-order valence-corrected chi connectivity index (χ2v) is 7.99. The van der Waals surface area contributed by atoms with Gasteiger partial charge in [0.2, 0.25) is 0 Å². The van der Waals surface area contributed by atoms with E-state index in [9.17, 15) is 17.6 Å². The maximum atomic E-state index is 13.6. The molecule has 8 heteroatoms. The third-order valence-electron chi connectivity index (χ3n) is 4.61. The highest BCUT2D eigenvalue weighted by molar-refractivity contribution is 7.14. The van der Waals surface area contributed by atoms with Crippen LogP contribution in [0.2, 0.25) is 0 Å². The number of anilines is 2. The zero-order chi connectivity index (χ0) is 23.0. The van der Waals surface area contributed by atoms with E-state index < -0.39 is 11.7 Å². The second-order valence-electron chi connectivity index (χ2n) is 7.13. The molecule has 0 amide bonds. The van der Waals surface area contributed by atoms with Crippen LogP contribution in [0.1, 0.15) is 38.2 Å². The number of unbranched alkanes of at least 4 members (excludes halogenated alkanes) is 2. The molecule has 0 radical (unpaired) electrons. The molecule has 32 heavy (non-hydrogen) atoms. The molecule has 0 unspecified atom stereocenters. The van der Waals surface area contributed by atoms with E-state index in [4.69, 9.17) is 4.74 Å². The predicted molar refractivity (Wildman–Crippen MR) is 121 cm³/mol. The van der Waals surface area contributed by atoms with Crippen LogP contribution in [0, 0.1) is 5.82 Å². The van der Waals surface area contributed by atoms with Gasteiger partial charge < -0.3 is 10.1 Å². The largest absolute Gasteiger partial charge is 0.493 e. The van der Waals surface area contributed by atoms with Crippen LogP contribution in [-0.2, 0) is 6.18 Å². The Morgan fingerprint density at radius 2 is 1.81 bits per heavy atom. The highest BCUT2D eigenvalue weighted by atomic mass is 32.1. The van der Waals surface area contributed by atoms with Crippen LogP contribution in [0.5, 0.6) is 5.75 Å². The minimum Gasteiger partial charge on any atom is -0.493 e. The first kappa shape index (κ1) is 23.8. The average Bonchev–Trinajstić information content (AvgIpc) is 3.22. The molecule has 170 valence electrons. The Bertz CT molecular complexity index is 1030. The Labute approximate surface area is 188 Å². The van der Waals surface area contributed by atoms with Gasteiger partial charge in [-0.2, -0.15) is 13.2 Å². The molecule has 3 nitrogen and oxygen atoms in total. The van der Waals surface area contributed by atoms with Crippen molar-refractivity contribution in [2.75, 3.05) is 11.9 Å². The minimum absolute atomic E-state index is 0.173. The fraction of sp³-hybridized carbons (Fsp3) is 0.292. The van der Waals surface area contributed by atoms with E-state index in [1.165, 1.54) is 35.6 Å². The number of ether oxygens (including phenoxy) is 1. The van der Waals surface area contributed by atoms with E-state index in [0.717, 1.165) is 30.9 Å². The van der Waals surface area contributed by atoms with E-state index in [0.29, 0.717) is 17.2 Å². The minimum atomic E-state index is -4.55. The predicted octanol–water partition coefficient (Wildman–Crippen LogP) is 8.23. The number of aromatic nitrogens is 1. The van der Waals surface area contributed by atoms with Crippen molar-refractivity contribution in [3.05, 3.63) is 71.4 Å². The number of alkyl halides is 3. The first-order chi connectivity index (χ1) is 15.4. The summed E-state index contributed by atoms with van der Waals surface area (Å²) < 4.78 is 59.2. The van der Waals surface area contributed by atoms with Crippen molar-refractivity contribution in [2.45, 2.75) is 38.8 Å². The summed E-state index contributed by atoms with van der Waals surface area (Å²) in [4.78, 5) is 4.38. The average molecular weight is 465 g/mol. The SMILES string of the molecule is CCCCC=CCCOc1ccc(Nc2nc(-c3ccc(F)cc3)cs2)cc1C(F)(F)F. The molecule has 3 aromatic rings. The standard InChI is InChI=1S/C24H24F4N2OS/c1-2-3-4-5-6-7-14-31-22-13-12-19(15-20(22)24(26,27)28)29-23-30-21(16-32-23)17-8-10-18(25)11-9-17/h5-6,8-13,15-16H,2-4,7,14H2,1H3,(H,29,30). The van der Waals surface area contributed by atoms with Gasteiger partial charge in [-0.25, -0.2) is 9.37 Å². The lowest BCUT2D eigenvalue weighted by Gasteiger charge is -2.15. The van der Waals surface area contributed by atoms with Crippen molar-refractivity contribution >= 4 is 22.2 Å². The van der Waals surface area contributed by atoms with Crippen LogP contribution < -0.4 is 10.1 Å². The summed E-state index contributed by atoms with van der Waals surface area (Å²) in [5.74, 6) is -0.548. The fourth-order valence-electron chi connectivity index (χ4n) is 2.96. The number of hydrogen-bond donors (Lipinski definition) is 1. The molecule has 0 saturated heterocycles. The number of nitrogens with one attached hydrogen (secondary N) is 1. The summed E-state index contributed by atoms with van der Waals surface area (Å²) in [5, 5.41) is 5.10. The summed E-state index contributed by atoms with van der Waals surface area (Å²) in [6, 6.07) is 9.72. The van der Waals surface area contributed by atoms with Gasteiger partial charge in [0, 0.05) is 16.6 Å². The van der Waals surface area contributed by atoms with Crippen LogP contribution in [0.25, 0.3) is 11.3 Å². The number of allylic oxidation sites excluding steroid dienone is 1. The van der Waals surface area contributed by atoms with E-state index in [-0.39, 0.29) is 23.9 Å².